The Kier molecular flexibility index (Phi) is 13.8. The number of ketones is 1. The molecule has 0 radical (unpaired) electrons. The summed E-state index contributed by atoms with van der Waals surface area (Å²) in [5.74, 6) is -4.78. The number of rotatable bonds is 13. The Bertz CT molecular complexity index is 1300. The molecule has 312 valence electrons. The summed E-state index contributed by atoms with van der Waals surface area (Å²) >= 11 is 0. The van der Waals surface area contributed by atoms with Crippen LogP contribution < -0.4 is 0 Å². The maximum Gasteiger partial charge on any atom is 0.309 e. The number of methoxy groups -OCH3 is 1. The Morgan fingerprint density at radius 1 is 0.833 bits per heavy atom. The number of ether oxygens (including phenoxy) is 6. The molecule has 0 amide bonds. The summed E-state index contributed by atoms with van der Waals surface area (Å²) in [6.45, 7) is 20.1. The van der Waals surface area contributed by atoms with Gasteiger partial charge in [0.1, 0.15) is 11.9 Å². The van der Waals surface area contributed by atoms with Gasteiger partial charge in [-0.3, -0.25) is 9.59 Å². The fourth-order valence-corrected chi connectivity index (χ4v) is 11.2. The molecule has 0 aliphatic carbocycles. The van der Waals surface area contributed by atoms with E-state index < -0.39 is 64.8 Å². The molecule has 5 fully saturated rings. The van der Waals surface area contributed by atoms with E-state index in [2.05, 4.69) is 27.7 Å². The van der Waals surface area contributed by atoms with Crippen molar-refractivity contribution in [1.29, 1.82) is 0 Å². The Hall–Kier alpha value is -1.18. The summed E-state index contributed by atoms with van der Waals surface area (Å²) in [7, 11) is 1.70. The van der Waals surface area contributed by atoms with Crippen LogP contribution in [0.3, 0.4) is 0 Å². The van der Waals surface area contributed by atoms with Crippen LogP contribution in [-0.2, 0) is 38.0 Å². The summed E-state index contributed by atoms with van der Waals surface area (Å²) < 4.78 is 40.4. The first kappa shape index (κ1) is 43.9. The zero-order valence-corrected chi connectivity index (χ0v) is 35.2. The topological polar surface area (TPSA) is 150 Å². The van der Waals surface area contributed by atoms with Crippen LogP contribution in [0.2, 0.25) is 0 Å². The van der Waals surface area contributed by atoms with Crippen molar-refractivity contribution >= 4 is 11.8 Å². The van der Waals surface area contributed by atoms with Crippen LogP contribution in [0, 0.1) is 41.4 Å². The maximum atomic E-state index is 14.5. The summed E-state index contributed by atoms with van der Waals surface area (Å²) in [4.78, 5) is 26.5. The number of hydrogen-bond acceptors (Lipinski definition) is 10. The molecule has 3 N–H and O–H groups in total. The van der Waals surface area contributed by atoms with Gasteiger partial charge in [0, 0.05) is 43.6 Å². The normalized spacial score (nSPS) is 45.8. The van der Waals surface area contributed by atoms with Gasteiger partial charge in [-0.15, -0.1) is 0 Å². The van der Waals surface area contributed by atoms with E-state index >= 15 is 0 Å². The lowest BCUT2D eigenvalue weighted by Crippen LogP contribution is -2.65. The van der Waals surface area contributed by atoms with Crippen molar-refractivity contribution in [3.8, 4) is 0 Å². The second-order valence-corrected chi connectivity index (χ2v) is 18.5. The Morgan fingerprint density at radius 3 is 2.11 bits per heavy atom. The number of carboxylic acids is 1. The quantitative estimate of drug-likeness (QED) is 0.177. The largest absolute Gasteiger partial charge is 0.481 e. The van der Waals surface area contributed by atoms with Crippen molar-refractivity contribution in [1.82, 2.24) is 0 Å². The number of aliphatic hydroxyl groups excluding tert-OH is 1. The molecule has 0 saturated carbocycles. The third-order valence-electron chi connectivity index (χ3n) is 15.1. The Labute approximate surface area is 324 Å². The van der Waals surface area contributed by atoms with E-state index in [4.69, 9.17) is 28.4 Å². The van der Waals surface area contributed by atoms with Gasteiger partial charge in [0.05, 0.1) is 53.7 Å². The molecule has 0 aromatic rings. The SMILES string of the molecule is CC[C@@H](C(=O)C(C)[C@@H](O)[C@H](C)C1O[C@@H]([C@@H](CC)C(=O)O)CC[C@@H]1C)[C@H]1O[C@]2(CCC(OC)C3(CC[C@@](C)([C@H]4CC[C@](O)(CC)[C@H](C)O4)O3)O2)[C@H](C)C[C@@H]1C. The van der Waals surface area contributed by atoms with E-state index in [1.807, 2.05) is 41.5 Å². The molecule has 5 aliphatic rings. The molecule has 0 aromatic carbocycles. The van der Waals surface area contributed by atoms with Crippen LogP contribution in [0.1, 0.15) is 146 Å². The third kappa shape index (κ3) is 8.10. The van der Waals surface area contributed by atoms with Gasteiger partial charge in [0.2, 0.25) is 0 Å². The minimum absolute atomic E-state index is 0.0315. The minimum Gasteiger partial charge on any atom is -0.481 e. The Balaban J connectivity index is 1.32. The van der Waals surface area contributed by atoms with Crippen molar-refractivity contribution in [2.45, 2.75) is 212 Å². The fourth-order valence-electron chi connectivity index (χ4n) is 11.2. The predicted octanol–water partition coefficient (Wildman–Crippen LogP) is 7.07. The first-order valence-corrected chi connectivity index (χ1v) is 21.4. The van der Waals surface area contributed by atoms with E-state index in [-0.39, 0.29) is 53.9 Å². The summed E-state index contributed by atoms with van der Waals surface area (Å²) in [6.07, 6.45) is 4.92. The number of Topliss-reactive ketones (excluding diaryl/α,β-unsaturated/α-hetero) is 1. The average Bonchev–Trinajstić information content (AvgIpc) is 3.48. The highest BCUT2D eigenvalue weighted by atomic mass is 16.8. The standard InChI is InChI=1S/C43H74O11/c1-12-30(39(46)47)32-16-15-24(4)37(51-32)28(8)35(44)27(7)36(45)31(13-2)38-25(5)23-26(6)42(52-38)20-18-34(49-11)43(54-42)22-21-40(10,53-43)33-17-19-41(48,14-3)29(9)50-33/h24-35,37-38,44,48H,12-23H2,1-11H3,(H,46,47)/t24-,25-,26+,27?,28-,29-,30+,31-,32+,33+,34?,35+,37?,38-,40-,41+,42-,43?/m0/s1. The lowest BCUT2D eigenvalue weighted by Gasteiger charge is -2.57. The van der Waals surface area contributed by atoms with Gasteiger partial charge in [0.15, 0.2) is 11.6 Å². The highest BCUT2D eigenvalue weighted by molar-refractivity contribution is 5.84. The second kappa shape index (κ2) is 17.0. The van der Waals surface area contributed by atoms with Gasteiger partial charge >= 0.3 is 5.97 Å². The molecule has 11 nitrogen and oxygen atoms in total. The van der Waals surface area contributed by atoms with E-state index in [1.165, 1.54) is 0 Å². The highest BCUT2D eigenvalue weighted by Crippen LogP contribution is 2.56. The van der Waals surface area contributed by atoms with E-state index in [0.717, 1.165) is 12.8 Å². The highest BCUT2D eigenvalue weighted by Gasteiger charge is 2.65. The molecular formula is C43H74O11. The zero-order chi connectivity index (χ0) is 40.0. The molecule has 5 aliphatic heterocycles. The van der Waals surface area contributed by atoms with Crippen molar-refractivity contribution in [2.24, 2.45) is 41.4 Å². The van der Waals surface area contributed by atoms with Crippen LogP contribution in [0.5, 0.6) is 0 Å². The fraction of sp³-hybridized carbons (Fsp3) is 0.953. The molecule has 5 rings (SSSR count). The number of aliphatic hydroxyl groups is 2. The van der Waals surface area contributed by atoms with Crippen molar-refractivity contribution in [3.63, 3.8) is 0 Å². The number of carbonyl (C=O) groups excluding carboxylic acids is 1. The van der Waals surface area contributed by atoms with Crippen LogP contribution in [-0.4, -0.2) is 99.7 Å². The summed E-state index contributed by atoms with van der Waals surface area (Å²) in [6, 6.07) is 0. The van der Waals surface area contributed by atoms with Crippen LogP contribution in [0.25, 0.3) is 0 Å². The zero-order valence-electron chi connectivity index (χ0n) is 35.2. The summed E-state index contributed by atoms with van der Waals surface area (Å²) in [5.41, 5.74) is -1.48. The number of carbonyl (C=O) groups is 2. The number of carboxylic acid groups (broad SMARTS) is 1. The monoisotopic (exact) mass is 767 g/mol. The lowest BCUT2D eigenvalue weighted by molar-refractivity contribution is -0.443. The first-order chi connectivity index (χ1) is 25.3. The van der Waals surface area contributed by atoms with Crippen molar-refractivity contribution < 1.29 is 53.3 Å². The molecule has 4 unspecified atom stereocenters. The Morgan fingerprint density at radius 2 is 1.52 bits per heavy atom. The molecule has 18 atom stereocenters. The van der Waals surface area contributed by atoms with Gasteiger partial charge in [-0.2, -0.15) is 0 Å². The van der Waals surface area contributed by atoms with E-state index in [1.54, 1.807) is 7.11 Å². The van der Waals surface area contributed by atoms with E-state index in [9.17, 15) is 24.9 Å². The van der Waals surface area contributed by atoms with Gasteiger partial charge in [-0.1, -0.05) is 55.4 Å². The predicted molar refractivity (Wildman–Crippen MR) is 204 cm³/mol. The smallest absolute Gasteiger partial charge is 0.309 e. The third-order valence-corrected chi connectivity index (χ3v) is 15.1. The molecule has 5 heterocycles. The average molecular weight is 767 g/mol. The van der Waals surface area contributed by atoms with Crippen molar-refractivity contribution in [2.75, 3.05) is 7.11 Å². The van der Waals surface area contributed by atoms with Crippen LogP contribution >= 0.6 is 0 Å². The number of hydrogen-bond donors (Lipinski definition) is 3. The van der Waals surface area contributed by atoms with Crippen LogP contribution in [0.4, 0.5) is 0 Å². The molecule has 54 heavy (non-hydrogen) atoms. The number of aliphatic carboxylic acids is 1. The van der Waals surface area contributed by atoms with Gasteiger partial charge in [-0.05, 0) is 89.9 Å². The molecule has 11 heteroatoms. The molecular weight excluding hydrogens is 692 g/mol. The van der Waals surface area contributed by atoms with Gasteiger partial charge in [-0.25, -0.2) is 0 Å². The summed E-state index contributed by atoms with van der Waals surface area (Å²) in [5, 5.41) is 32.7. The van der Waals surface area contributed by atoms with Gasteiger partial charge in [0.25, 0.3) is 0 Å². The molecule has 5 saturated heterocycles. The molecule has 0 bridgehead atoms. The van der Waals surface area contributed by atoms with E-state index in [0.29, 0.717) is 64.2 Å². The van der Waals surface area contributed by atoms with Crippen LogP contribution in [0.15, 0.2) is 0 Å². The maximum absolute atomic E-state index is 14.5. The van der Waals surface area contributed by atoms with Gasteiger partial charge < -0.3 is 43.7 Å². The first-order valence-electron chi connectivity index (χ1n) is 21.4. The lowest BCUT2D eigenvalue weighted by atomic mass is 9.72. The molecule has 2 spiro atoms. The minimum atomic E-state index is -1.05. The second-order valence-electron chi connectivity index (χ2n) is 18.5. The molecule has 0 aromatic heterocycles. The van der Waals surface area contributed by atoms with Crippen molar-refractivity contribution in [3.05, 3.63) is 0 Å².